The Morgan fingerprint density at radius 3 is 2.93 bits per heavy atom. The molecule has 0 amide bonds. The summed E-state index contributed by atoms with van der Waals surface area (Å²) in [5.41, 5.74) is 0. The highest BCUT2D eigenvalue weighted by molar-refractivity contribution is 9.10. The molecule has 1 heterocycles. The normalized spacial score (nSPS) is 12.8. The molecule has 14 heavy (non-hydrogen) atoms. The molecule has 0 spiro atoms. The maximum atomic E-state index is 11.7. The second kappa shape index (κ2) is 5.63. The van der Waals surface area contributed by atoms with E-state index in [-0.39, 0.29) is 5.92 Å². The monoisotopic (exact) mass is 275 g/mol. The highest BCUT2D eigenvalue weighted by atomic mass is 79.9. The van der Waals surface area contributed by atoms with Gasteiger partial charge < -0.3 is 5.32 Å². The SMILES string of the molecule is CNCC(C)C(=O)Cc1cc(Br)cs1. The quantitative estimate of drug-likeness (QED) is 0.895. The lowest BCUT2D eigenvalue weighted by atomic mass is 10.0. The molecule has 1 aromatic rings. The number of rotatable bonds is 5. The third-order valence-electron chi connectivity index (χ3n) is 2.03. The summed E-state index contributed by atoms with van der Waals surface area (Å²) in [7, 11) is 1.87. The van der Waals surface area contributed by atoms with Crippen LogP contribution in [0.3, 0.4) is 0 Å². The lowest BCUT2D eigenvalue weighted by Crippen LogP contribution is -2.24. The number of carbonyl (C=O) groups is 1. The number of Topliss-reactive ketones (excluding diaryl/α,β-unsaturated/α-hetero) is 1. The lowest BCUT2D eigenvalue weighted by Gasteiger charge is -2.07. The van der Waals surface area contributed by atoms with Crippen LogP contribution in [0, 0.1) is 5.92 Å². The zero-order valence-electron chi connectivity index (χ0n) is 8.34. The highest BCUT2D eigenvalue weighted by Crippen LogP contribution is 2.21. The van der Waals surface area contributed by atoms with Gasteiger partial charge in [-0.25, -0.2) is 0 Å². The molecule has 1 atom stereocenters. The predicted octanol–water partition coefficient (Wildman–Crippen LogP) is 2.48. The lowest BCUT2D eigenvalue weighted by molar-refractivity contribution is -0.121. The Morgan fingerprint density at radius 2 is 2.43 bits per heavy atom. The second-order valence-corrected chi connectivity index (χ2v) is 5.24. The van der Waals surface area contributed by atoms with Crippen molar-refractivity contribution in [2.75, 3.05) is 13.6 Å². The van der Waals surface area contributed by atoms with Gasteiger partial charge >= 0.3 is 0 Å². The Morgan fingerprint density at radius 1 is 1.71 bits per heavy atom. The van der Waals surface area contributed by atoms with Crippen LogP contribution in [0.1, 0.15) is 11.8 Å². The first-order valence-corrected chi connectivity index (χ1v) is 6.21. The summed E-state index contributed by atoms with van der Waals surface area (Å²) >= 11 is 5.00. The molecule has 0 fully saturated rings. The molecule has 0 bridgehead atoms. The molecular weight excluding hydrogens is 262 g/mol. The number of thiophene rings is 1. The molecule has 1 N–H and O–H groups in total. The first-order chi connectivity index (χ1) is 6.63. The Hall–Kier alpha value is -0.190. The molecule has 0 aromatic carbocycles. The molecule has 0 radical (unpaired) electrons. The smallest absolute Gasteiger partial charge is 0.142 e. The van der Waals surface area contributed by atoms with Crippen molar-refractivity contribution >= 4 is 33.0 Å². The van der Waals surface area contributed by atoms with E-state index in [1.807, 2.05) is 25.4 Å². The summed E-state index contributed by atoms with van der Waals surface area (Å²) in [4.78, 5) is 12.8. The maximum Gasteiger partial charge on any atom is 0.142 e. The Labute approximate surface area is 96.8 Å². The van der Waals surface area contributed by atoms with Crippen molar-refractivity contribution in [3.05, 3.63) is 20.8 Å². The molecule has 4 heteroatoms. The third-order valence-corrected chi connectivity index (χ3v) is 3.73. The molecule has 78 valence electrons. The first-order valence-electron chi connectivity index (χ1n) is 4.53. The fourth-order valence-corrected chi connectivity index (χ4v) is 2.67. The molecule has 1 rings (SSSR count). The van der Waals surface area contributed by atoms with E-state index in [4.69, 9.17) is 0 Å². The standard InChI is InChI=1S/C10H14BrNOS/c1-7(5-12-2)10(13)4-9-3-8(11)6-14-9/h3,6-7,12H,4-5H2,1-2H3. The van der Waals surface area contributed by atoms with Crippen molar-refractivity contribution in [1.82, 2.24) is 5.32 Å². The van der Waals surface area contributed by atoms with E-state index >= 15 is 0 Å². The summed E-state index contributed by atoms with van der Waals surface area (Å²) in [5, 5.41) is 5.02. The molecule has 0 saturated carbocycles. The number of ketones is 1. The number of hydrogen-bond acceptors (Lipinski definition) is 3. The molecular formula is C10H14BrNOS. The summed E-state index contributed by atoms with van der Waals surface area (Å²) in [6.07, 6.45) is 0.555. The van der Waals surface area contributed by atoms with E-state index in [2.05, 4.69) is 21.2 Å². The summed E-state index contributed by atoms with van der Waals surface area (Å²) in [5.74, 6) is 0.398. The highest BCUT2D eigenvalue weighted by Gasteiger charge is 2.13. The minimum absolute atomic E-state index is 0.0980. The van der Waals surface area contributed by atoms with Crippen molar-refractivity contribution in [2.24, 2.45) is 5.92 Å². The van der Waals surface area contributed by atoms with Gasteiger partial charge in [-0.3, -0.25) is 4.79 Å². The fraction of sp³-hybridized carbons (Fsp3) is 0.500. The Kier molecular flexibility index (Phi) is 4.78. The van der Waals surface area contributed by atoms with E-state index in [9.17, 15) is 4.79 Å². The number of carbonyl (C=O) groups excluding carboxylic acids is 1. The largest absolute Gasteiger partial charge is 0.319 e. The summed E-state index contributed by atoms with van der Waals surface area (Å²) in [6.45, 7) is 2.72. The van der Waals surface area contributed by atoms with Gasteiger partial charge in [0.1, 0.15) is 5.78 Å². The van der Waals surface area contributed by atoms with Crippen LogP contribution in [0.5, 0.6) is 0 Å². The number of hydrogen-bond donors (Lipinski definition) is 1. The van der Waals surface area contributed by atoms with Gasteiger partial charge in [-0.2, -0.15) is 0 Å². The Bertz CT molecular complexity index is 311. The van der Waals surface area contributed by atoms with E-state index < -0.39 is 0 Å². The summed E-state index contributed by atoms with van der Waals surface area (Å²) < 4.78 is 1.06. The van der Waals surface area contributed by atoms with Gasteiger partial charge in [0.15, 0.2) is 0 Å². The third kappa shape index (κ3) is 3.52. The second-order valence-electron chi connectivity index (χ2n) is 3.33. The van der Waals surface area contributed by atoms with Crippen LogP contribution in [0.2, 0.25) is 0 Å². The number of halogens is 1. The van der Waals surface area contributed by atoms with Crippen LogP contribution in [-0.2, 0) is 11.2 Å². The van der Waals surface area contributed by atoms with Gasteiger partial charge in [0.25, 0.3) is 0 Å². The first kappa shape index (κ1) is 11.9. The van der Waals surface area contributed by atoms with Crippen LogP contribution >= 0.6 is 27.3 Å². The number of nitrogens with one attached hydrogen (secondary N) is 1. The van der Waals surface area contributed by atoms with Crippen molar-refractivity contribution < 1.29 is 4.79 Å². The van der Waals surface area contributed by atoms with Crippen LogP contribution < -0.4 is 5.32 Å². The van der Waals surface area contributed by atoms with Gasteiger partial charge in [-0.1, -0.05) is 6.92 Å². The zero-order chi connectivity index (χ0) is 10.6. The molecule has 0 aliphatic carbocycles. The van der Waals surface area contributed by atoms with Gasteiger partial charge in [0, 0.05) is 33.6 Å². The van der Waals surface area contributed by atoms with E-state index in [1.54, 1.807) is 11.3 Å². The van der Waals surface area contributed by atoms with Crippen LogP contribution in [0.4, 0.5) is 0 Å². The van der Waals surface area contributed by atoms with E-state index in [1.165, 1.54) is 0 Å². The van der Waals surface area contributed by atoms with Crippen molar-refractivity contribution in [3.63, 3.8) is 0 Å². The van der Waals surface area contributed by atoms with Crippen LogP contribution in [-0.4, -0.2) is 19.4 Å². The van der Waals surface area contributed by atoms with Crippen molar-refractivity contribution in [1.29, 1.82) is 0 Å². The zero-order valence-corrected chi connectivity index (χ0v) is 10.7. The summed E-state index contributed by atoms with van der Waals surface area (Å²) in [6, 6.07) is 2.01. The minimum Gasteiger partial charge on any atom is -0.319 e. The molecule has 0 aliphatic rings. The van der Waals surface area contributed by atoms with E-state index in [0.29, 0.717) is 12.2 Å². The van der Waals surface area contributed by atoms with Gasteiger partial charge in [-0.15, -0.1) is 11.3 Å². The average molecular weight is 276 g/mol. The minimum atomic E-state index is 0.0980. The molecule has 2 nitrogen and oxygen atoms in total. The van der Waals surface area contributed by atoms with Crippen molar-refractivity contribution in [2.45, 2.75) is 13.3 Å². The molecule has 1 aromatic heterocycles. The average Bonchev–Trinajstić information content (AvgIpc) is 2.51. The van der Waals surface area contributed by atoms with Gasteiger partial charge in [0.05, 0.1) is 0 Å². The van der Waals surface area contributed by atoms with E-state index in [0.717, 1.165) is 15.9 Å². The fourth-order valence-electron chi connectivity index (χ4n) is 1.21. The topological polar surface area (TPSA) is 29.1 Å². The maximum absolute atomic E-state index is 11.7. The van der Waals surface area contributed by atoms with Crippen LogP contribution in [0.15, 0.2) is 15.9 Å². The molecule has 0 aliphatic heterocycles. The predicted molar refractivity (Wildman–Crippen MR) is 63.8 cm³/mol. The van der Waals surface area contributed by atoms with Crippen LogP contribution in [0.25, 0.3) is 0 Å². The Balaban J connectivity index is 2.48. The van der Waals surface area contributed by atoms with Gasteiger partial charge in [-0.05, 0) is 29.0 Å². The molecule has 1 unspecified atom stereocenters. The van der Waals surface area contributed by atoms with Gasteiger partial charge in [0.2, 0.25) is 0 Å². The molecule has 0 saturated heterocycles. The van der Waals surface area contributed by atoms with Crippen molar-refractivity contribution in [3.8, 4) is 0 Å².